The van der Waals surface area contributed by atoms with Crippen molar-refractivity contribution in [2.24, 2.45) is 0 Å². The Balaban J connectivity index is 3.09. The lowest BCUT2D eigenvalue weighted by molar-refractivity contribution is -0.121. The van der Waals surface area contributed by atoms with Gasteiger partial charge in [0.15, 0.2) is 0 Å². The summed E-state index contributed by atoms with van der Waals surface area (Å²) in [7, 11) is 0. The predicted octanol–water partition coefficient (Wildman–Crippen LogP) is 5.13. The van der Waals surface area contributed by atoms with Gasteiger partial charge in [-0.1, -0.05) is 70.3 Å². The van der Waals surface area contributed by atoms with Crippen molar-refractivity contribution in [2.45, 2.75) is 96.3 Å². The Morgan fingerprint density at radius 2 is 1.26 bits per heavy atom. The minimum Gasteiger partial charge on any atom is -0.396 e. The number of rotatable bonds is 18. The summed E-state index contributed by atoms with van der Waals surface area (Å²) in [6.07, 6.45) is 19.5. The second kappa shape index (κ2) is 19.2. The number of aliphatic hydroxyl groups excluding tert-OH is 1. The zero-order valence-corrected chi connectivity index (χ0v) is 15.2. The molecule has 0 saturated heterocycles. The molecular weight excluding hydrogens is 286 g/mol. The molecule has 2 N–H and O–H groups in total. The summed E-state index contributed by atoms with van der Waals surface area (Å²) in [6, 6.07) is 0. The fourth-order valence-corrected chi connectivity index (χ4v) is 2.73. The first-order chi connectivity index (χ1) is 11.3. The van der Waals surface area contributed by atoms with Crippen molar-refractivity contribution < 1.29 is 9.90 Å². The minimum absolute atomic E-state index is 0.204. The van der Waals surface area contributed by atoms with Gasteiger partial charge < -0.3 is 10.4 Å². The largest absolute Gasteiger partial charge is 0.396 e. The van der Waals surface area contributed by atoms with Gasteiger partial charge in [0.1, 0.15) is 0 Å². The summed E-state index contributed by atoms with van der Waals surface area (Å²) in [6.45, 7) is 4.80. The Morgan fingerprint density at radius 1 is 0.783 bits per heavy atom. The van der Waals surface area contributed by atoms with Crippen LogP contribution in [0.3, 0.4) is 0 Å². The topological polar surface area (TPSA) is 49.3 Å². The van der Waals surface area contributed by atoms with E-state index in [0.717, 1.165) is 32.2 Å². The molecule has 0 spiro atoms. The van der Waals surface area contributed by atoms with Crippen molar-refractivity contribution >= 4 is 5.91 Å². The van der Waals surface area contributed by atoms with Crippen molar-refractivity contribution in [1.29, 1.82) is 0 Å². The molecule has 0 aromatic carbocycles. The number of unbranched alkanes of at least 4 members (excludes halogenated alkanes) is 12. The van der Waals surface area contributed by atoms with E-state index in [2.05, 4.69) is 11.9 Å². The lowest BCUT2D eigenvalue weighted by Crippen LogP contribution is -2.23. The number of amides is 1. The average Bonchev–Trinajstić information content (AvgIpc) is 2.56. The number of nitrogens with one attached hydrogen (secondary N) is 1. The smallest absolute Gasteiger partial charge is 0.219 e. The van der Waals surface area contributed by atoms with Crippen LogP contribution in [-0.4, -0.2) is 24.2 Å². The molecule has 0 atom stereocenters. The third-order valence-electron chi connectivity index (χ3n) is 4.22. The molecule has 0 aliphatic heterocycles. The average molecular weight is 326 g/mol. The van der Waals surface area contributed by atoms with Gasteiger partial charge in [0.05, 0.1) is 0 Å². The quantitative estimate of drug-likeness (QED) is 0.271. The lowest BCUT2D eigenvalue weighted by Gasteiger charge is -2.05. The van der Waals surface area contributed by atoms with Crippen LogP contribution in [0, 0.1) is 0 Å². The number of hydrogen-bond donors (Lipinski definition) is 2. The normalized spacial score (nSPS) is 10.7. The molecule has 23 heavy (non-hydrogen) atoms. The van der Waals surface area contributed by atoms with Crippen LogP contribution in [0.15, 0.2) is 12.7 Å². The molecule has 0 saturated carbocycles. The van der Waals surface area contributed by atoms with Gasteiger partial charge in [0.25, 0.3) is 0 Å². The Hall–Kier alpha value is -0.830. The molecule has 0 aromatic heterocycles. The number of carbonyl (C=O) groups excluding carboxylic acids is 1. The van der Waals surface area contributed by atoms with Gasteiger partial charge in [-0.25, -0.2) is 0 Å². The van der Waals surface area contributed by atoms with Gasteiger partial charge in [-0.3, -0.25) is 4.79 Å². The zero-order valence-electron chi connectivity index (χ0n) is 15.2. The second-order valence-electron chi connectivity index (χ2n) is 6.50. The maximum atomic E-state index is 11.6. The molecule has 3 nitrogen and oxygen atoms in total. The fraction of sp³-hybridized carbons (Fsp3) is 0.850. The highest BCUT2D eigenvalue weighted by molar-refractivity contribution is 5.75. The summed E-state index contributed by atoms with van der Waals surface area (Å²) in [4.78, 5) is 11.6. The third kappa shape index (κ3) is 19.1. The Morgan fingerprint density at radius 3 is 1.74 bits per heavy atom. The van der Waals surface area contributed by atoms with Crippen molar-refractivity contribution in [3.8, 4) is 0 Å². The standard InChI is InChI=1S/C20H39NO2/c1-2-3-15-18-21-20(23)17-14-12-10-8-6-4-5-7-9-11-13-16-19-22/h2,22H,1,3-19H2,(H,21,23). The van der Waals surface area contributed by atoms with Crippen LogP contribution in [0.2, 0.25) is 0 Å². The molecule has 3 heteroatoms. The molecule has 0 aliphatic rings. The fourth-order valence-electron chi connectivity index (χ4n) is 2.73. The zero-order chi connectivity index (χ0) is 17.0. The van der Waals surface area contributed by atoms with E-state index in [0.29, 0.717) is 13.0 Å². The molecule has 0 rings (SSSR count). The van der Waals surface area contributed by atoms with Gasteiger partial charge in [0, 0.05) is 19.6 Å². The van der Waals surface area contributed by atoms with Gasteiger partial charge in [-0.15, -0.1) is 6.58 Å². The van der Waals surface area contributed by atoms with Crippen LogP contribution in [0.1, 0.15) is 96.3 Å². The highest BCUT2D eigenvalue weighted by atomic mass is 16.2. The van der Waals surface area contributed by atoms with E-state index in [1.807, 2.05) is 6.08 Å². The molecule has 0 fully saturated rings. The van der Waals surface area contributed by atoms with E-state index >= 15 is 0 Å². The number of aliphatic hydroxyl groups is 1. The molecule has 1 amide bonds. The summed E-state index contributed by atoms with van der Waals surface area (Å²) >= 11 is 0. The molecule has 136 valence electrons. The maximum Gasteiger partial charge on any atom is 0.219 e. The Labute approximate surface area is 143 Å². The van der Waals surface area contributed by atoms with Crippen LogP contribution in [0.25, 0.3) is 0 Å². The Bertz CT molecular complexity index is 266. The van der Waals surface area contributed by atoms with Crippen molar-refractivity contribution in [3.63, 3.8) is 0 Å². The molecule has 0 aliphatic carbocycles. The minimum atomic E-state index is 0.204. The van der Waals surface area contributed by atoms with Crippen LogP contribution in [0.4, 0.5) is 0 Å². The first-order valence-corrected chi connectivity index (χ1v) is 9.79. The molecule has 0 aromatic rings. The molecule has 0 radical (unpaired) electrons. The van der Waals surface area contributed by atoms with Crippen molar-refractivity contribution in [3.05, 3.63) is 12.7 Å². The van der Waals surface area contributed by atoms with Crippen LogP contribution >= 0.6 is 0 Å². The van der Waals surface area contributed by atoms with Crippen molar-refractivity contribution in [2.75, 3.05) is 13.2 Å². The summed E-state index contributed by atoms with van der Waals surface area (Å²) in [5, 5.41) is 11.7. The van der Waals surface area contributed by atoms with E-state index in [4.69, 9.17) is 5.11 Å². The van der Waals surface area contributed by atoms with Gasteiger partial charge in [-0.05, 0) is 25.7 Å². The molecule has 0 bridgehead atoms. The number of carbonyl (C=O) groups is 1. The van der Waals surface area contributed by atoms with Crippen molar-refractivity contribution in [1.82, 2.24) is 5.32 Å². The van der Waals surface area contributed by atoms with E-state index in [1.54, 1.807) is 0 Å². The summed E-state index contributed by atoms with van der Waals surface area (Å²) in [5.41, 5.74) is 0. The highest BCUT2D eigenvalue weighted by Gasteiger charge is 2.00. The van der Waals surface area contributed by atoms with Gasteiger partial charge in [-0.2, -0.15) is 0 Å². The number of allylic oxidation sites excluding steroid dienone is 1. The first-order valence-electron chi connectivity index (χ1n) is 9.79. The lowest BCUT2D eigenvalue weighted by atomic mass is 10.0. The summed E-state index contributed by atoms with van der Waals surface area (Å²) in [5.74, 6) is 0.204. The summed E-state index contributed by atoms with van der Waals surface area (Å²) < 4.78 is 0. The van der Waals surface area contributed by atoms with Gasteiger partial charge in [0.2, 0.25) is 5.91 Å². The van der Waals surface area contributed by atoms with E-state index in [9.17, 15) is 4.79 Å². The second-order valence-corrected chi connectivity index (χ2v) is 6.50. The third-order valence-corrected chi connectivity index (χ3v) is 4.22. The van der Waals surface area contributed by atoms with Crippen LogP contribution < -0.4 is 5.32 Å². The van der Waals surface area contributed by atoms with Crippen LogP contribution in [0.5, 0.6) is 0 Å². The van der Waals surface area contributed by atoms with Gasteiger partial charge >= 0.3 is 0 Å². The molecular formula is C20H39NO2. The van der Waals surface area contributed by atoms with E-state index in [1.165, 1.54) is 64.2 Å². The SMILES string of the molecule is C=CCCCNC(=O)CCCCCCCCCCCCCCO. The Kier molecular flexibility index (Phi) is 18.5. The highest BCUT2D eigenvalue weighted by Crippen LogP contribution is 2.12. The monoisotopic (exact) mass is 325 g/mol. The maximum absolute atomic E-state index is 11.6. The first kappa shape index (κ1) is 22.2. The predicted molar refractivity (Wildman–Crippen MR) is 99.5 cm³/mol. The van der Waals surface area contributed by atoms with E-state index < -0.39 is 0 Å². The van der Waals surface area contributed by atoms with E-state index in [-0.39, 0.29) is 5.91 Å². The molecule has 0 unspecified atom stereocenters. The van der Waals surface area contributed by atoms with Crippen LogP contribution in [-0.2, 0) is 4.79 Å². The molecule has 0 heterocycles. The number of hydrogen-bond acceptors (Lipinski definition) is 2.